The maximum Gasteiger partial charge on any atom is 0.404 e. The molecule has 0 saturated heterocycles. The van der Waals surface area contributed by atoms with E-state index in [0.29, 0.717) is 22.3 Å². The van der Waals surface area contributed by atoms with E-state index in [1.807, 2.05) is 0 Å². The van der Waals surface area contributed by atoms with E-state index in [0.717, 1.165) is 0 Å². The molecule has 1 heterocycles. The zero-order valence-electron chi connectivity index (χ0n) is 11.6. The number of hydrogen-bond acceptors (Lipinski definition) is 7. The molecule has 0 bridgehead atoms. The first-order valence-electron chi connectivity index (χ1n) is 6.18. The van der Waals surface area contributed by atoms with Crippen molar-refractivity contribution in [3.05, 3.63) is 34.4 Å². The van der Waals surface area contributed by atoms with Gasteiger partial charge in [0.2, 0.25) is 0 Å². The van der Waals surface area contributed by atoms with Crippen molar-refractivity contribution in [1.29, 1.82) is 0 Å². The predicted octanol–water partition coefficient (Wildman–Crippen LogP) is 1.58. The average molecular weight is 323 g/mol. The van der Waals surface area contributed by atoms with Gasteiger partial charge in [-0.1, -0.05) is 23.9 Å². The molecule has 2 rings (SSSR count). The van der Waals surface area contributed by atoms with E-state index in [1.165, 1.54) is 23.9 Å². The zero-order valence-corrected chi connectivity index (χ0v) is 12.4. The summed E-state index contributed by atoms with van der Waals surface area (Å²) in [7, 11) is 1.76. The number of rotatable bonds is 6. The van der Waals surface area contributed by atoms with Gasteiger partial charge < -0.3 is 15.0 Å². The minimum Gasteiger partial charge on any atom is -0.449 e. The van der Waals surface area contributed by atoms with Gasteiger partial charge >= 0.3 is 6.09 Å². The third-order valence-corrected chi connectivity index (χ3v) is 3.69. The number of carbonyl (C=O) groups excluding carboxylic acids is 1. The van der Waals surface area contributed by atoms with Crippen LogP contribution in [0.15, 0.2) is 29.4 Å². The second kappa shape index (κ2) is 6.89. The molecule has 0 aliphatic carbocycles. The van der Waals surface area contributed by atoms with Crippen molar-refractivity contribution in [1.82, 2.24) is 14.8 Å². The van der Waals surface area contributed by atoms with Crippen molar-refractivity contribution >= 4 is 23.5 Å². The van der Waals surface area contributed by atoms with Crippen molar-refractivity contribution in [2.45, 2.75) is 5.16 Å². The summed E-state index contributed by atoms with van der Waals surface area (Å²) < 4.78 is 6.34. The number of carbonyl (C=O) groups is 1. The van der Waals surface area contributed by atoms with Gasteiger partial charge in [-0.25, -0.2) is 4.79 Å². The number of benzene rings is 1. The Hall–Kier alpha value is -2.62. The lowest BCUT2D eigenvalue weighted by Crippen LogP contribution is -2.14. The average Bonchev–Trinajstić information content (AvgIpc) is 2.85. The van der Waals surface area contributed by atoms with Crippen molar-refractivity contribution < 1.29 is 14.5 Å². The summed E-state index contributed by atoms with van der Waals surface area (Å²) in [6.07, 6.45) is -0.823. The van der Waals surface area contributed by atoms with E-state index in [4.69, 9.17) is 5.73 Å². The summed E-state index contributed by atoms with van der Waals surface area (Å²) in [4.78, 5) is 20.8. The fraction of sp³-hybridized carbons (Fsp3) is 0.250. The maximum atomic E-state index is 10.8. The minimum absolute atomic E-state index is 0.00967. The van der Waals surface area contributed by atoms with E-state index in [-0.39, 0.29) is 12.3 Å². The van der Waals surface area contributed by atoms with Crippen LogP contribution < -0.4 is 5.73 Å². The van der Waals surface area contributed by atoms with Crippen LogP contribution in [0.1, 0.15) is 0 Å². The van der Waals surface area contributed by atoms with Crippen molar-refractivity contribution in [2.75, 3.05) is 12.4 Å². The number of nitro benzene ring substituents is 1. The molecule has 116 valence electrons. The molecule has 10 heteroatoms. The molecule has 0 fully saturated rings. The Morgan fingerprint density at radius 2 is 2.27 bits per heavy atom. The highest BCUT2D eigenvalue weighted by Crippen LogP contribution is 2.25. The van der Waals surface area contributed by atoms with E-state index in [1.54, 1.807) is 23.7 Å². The molecule has 1 amide bonds. The number of nitro groups is 1. The van der Waals surface area contributed by atoms with Gasteiger partial charge in [0.15, 0.2) is 11.0 Å². The molecule has 0 unspecified atom stereocenters. The summed E-state index contributed by atoms with van der Waals surface area (Å²) in [5, 5.41) is 19.5. The van der Waals surface area contributed by atoms with Crippen molar-refractivity contribution in [3.8, 4) is 11.4 Å². The lowest BCUT2D eigenvalue weighted by molar-refractivity contribution is -0.384. The number of ether oxygens (including phenoxy) is 1. The summed E-state index contributed by atoms with van der Waals surface area (Å²) in [5.41, 5.74) is 5.45. The molecule has 0 aliphatic heterocycles. The van der Waals surface area contributed by atoms with Gasteiger partial charge in [-0.3, -0.25) is 10.1 Å². The lowest BCUT2D eigenvalue weighted by atomic mass is 10.2. The van der Waals surface area contributed by atoms with Crippen LogP contribution in [0.25, 0.3) is 11.4 Å². The Balaban J connectivity index is 2.12. The third-order valence-electron chi connectivity index (χ3n) is 2.71. The molecule has 0 saturated carbocycles. The molecule has 2 N–H and O–H groups in total. The summed E-state index contributed by atoms with van der Waals surface area (Å²) in [5.74, 6) is 0.992. The molecule has 9 nitrogen and oxygen atoms in total. The van der Waals surface area contributed by atoms with Gasteiger partial charge in [0.1, 0.15) is 6.61 Å². The van der Waals surface area contributed by atoms with Crippen molar-refractivity contribution in [3.63, 3.8) is 0 Å². The standard InChI is InChI=1S/C12H13N5O4S/c1-16-10(8-3-2-4-9(7-8)17(19)20)14-15-12(16)22-6-5-21-11(13)18/h2-4,7H,5-6H2,1H3,(H2,13,18). The number of thioether (sulfide) groups is 1. The highest BCUT2D eigenvalue weighted by molar-refractivity contribution is 7.99. The number of non-ortho nitro benzene ring substituents is 1. The number of hydrogen-bond donors (Lipinski definition) is 1. The first kappa shape index (κ1) is 15.8. The van der Waals surface area contributed by atoms with Gasteiger partial charge in [-0.15, -0.1) is 10.2 Å². The van der Waals surface area contributed by atoms with Crippen LogP contribution in [-0.2, 0) is 11.8 Å². The first-order chi connectivity index (χ1) is 10.5. The Kier molecular flexibility index (Phi) is 4.94. The normalized spacial score (nSPS) is 10.4. The van der Waals surface area contributed by atoms with Crippen LogP contribution in [-0.4, -0.2) is 38.1 Å². The van der Waals surface area contributed by atoms with Gasteiger partial charge in [0, 0.05) is 30.5 Å². The molecular formula is C12H13N5O4S. The number of primary amides is 1. The Morgan fingerprint density at radius 1 is 1.50 bits per heavy atom. The first-order valence-corrected chi connectivity index (χ1v) is 7.17. The number of amides is 1. The highest BCUT2D eigenvalue weighted by atomic mass is 32.2. The van der Waals surface area contributed by atoms with E-state index >= 15 is 0 Å². The van der Waals surface area contributed by atoms with Crippen LogP contribution in [0.2, 0.25) is 0 Å². The van der Waals surface area contributed by atoms with Crippen molar-refractivity contribution in [2.24, 2.45) is 12.8 Å². The fourth-order valence-corrected chi connectivity index (χ4v) is 2.45. The van der Waals surface area contributed by atoms with Crippen LogP contribution in [0.3, 0.4) is 0 Å². The second-order valence-corrected chi connectivity index (χ2v) is 5.25. The molecule has 0 radical (unpaired) electrons. The quantitative estimate of drug-likeness (QED) is 0.370. The van der Waals surface area contributed by atoms with Crippen LogP contribution in [0, 0.1) is 10.1 Å². The van der Waals surface area contributed by atoms with Crippen LogP contribution in [0.5, 0.6) is 0 Å². The second-order valence-electron chi connectivity index (χ2n) is 4.19. The molecule has 1 aromatic carbocycles. The number of nitrogens with zero attached hydrogens (tertiary/aromatic N) is 4. The van der Waals surface area contributed by atoms with Gasteiger partial charge in [0.05, 0.1) is 4.92 Å². The largest absolute Gasteiger partial charge is 0.449 e. The summed E-state index contributed by atoms with van der Waals surface area (Å²) in [6, 6.07) is 6.17. The van der Waals surface area contributed by atoms with Crippen LogP contribution >= 0.6 is 11.8 Å². The monoisotopic (exact) mass is 323 g/mol. The molecule has 22 heavy (non-hydrogen) atoms. The molecule has 0 atom stereocenters. The Labute approximate surface area is 129 Å². The Bertz CT molecular complexity index is 703. The number of aromatic nitrogens is 3. The summed E-state index contributed by atoms with van der Waals surface area (Å²) >= 11 is 1.34. The summed E-state index contributed by atoms with van der Waals surface area (Å²) in [6.45, 7) is 0.166. The van der Waals surface area contributed by atoms with Gasteiger partial charge in [-0.2, -0.15) is 0 Å². The molecule has 2 aromatic rings. The minimum atomic E-state index is -0.823. The Morgan fingerprint density at radius 3 is 2.95 bits per heavy atom. The third kappa shape index (κ3) is 3.73. The maximum absolute atomic E-state index is 10.8. The van der Waals surface area contributed by atoms with E-state index in [2.05, 4.69) is 14.9 Å². The number of nitrogens with two attached hydrogens (primary N) is 1. The molecular weight excluding hydrogens is 310 g/mol. The topological polar surface area (TPSA) is 126 Å². The van der Waals surface area contributed by atoms with E-state index in [9.17, 15) is 14.9 Å². The van der Waals surface area contributed by atoms with Crippen LogP contribution in [0.4, 0.5) is 10.5 Å². The van der Waals surface area contributed by atoms with Gasteiger partial charge in [0.25, 0.3) is 5.69 Å². The zero-order chi connectivity index (χ0) is 16.1. The molecule has 0 spiro atoms. The van der Waals surface area contributed by atoms with Gasteiger partial charge in [-0.05, 0) is 0 Å². The SMILES string of the molecule is Cn1c(SCCOC(N)=O)nnc1-c1cccc([N+](=O)[O-])c1. The predicted molar refractivity (Wildman–Crippen MR) is 79.4 cm³/mol. The molecule has 0 aliphatic rings. The lowest BCUT2D eigenvalue weighted by Gasteiger charge is -2.04. The van der Waals surface area contributed by atoms with E-state index < -0.39 is 11.0 Å². The highest BCUT2D eigenvalue weighted by Gasteiger charge is 2.14. The molecule has 1 aromatic heterocycles. The fourth-order valence-electron chi connectivity index (χ4n) is 1.73. The smallest absolute Gasteiger partial charge is 0.404 e.